The lowest BCUT2D eigenvalue weighted by atomic mass is 10.2. The monoisotopic (exact) mass is 337 g/mol. The van der Waals surface area contributed by atoms with Crippen LogP contribution in [0.1, 0.15) is 24.3 Å². The number of nitrogens with zero attached hydrogens (tertiary/aromatic N) is 2. The summed E-state index contributed by atoms with van der Waals surface area (Å²) in [7, 11) is 0. The fourth-order valence-electron chi connectivity index (χ4n) is 3.19. The molecule has 2 heterocycles. The van der Waals surface area contributed by atoms with Crippen molar-refractivity contribution >= 4 is 17.7 Å². The number of thioether (sulfide) groups is 1. The molecule has 3 rings (SSSR count). The van der Waals surface area contributed by atoms with E-state index in [0.29, 0.717) is 12.1 Å². The zero-order chi connectivity index (χ0) is 16.2. The van der Waals surface area contributed by atoms with E-state index in [-0.39, 0.29) is 22.3 Å². The van der Waals surface area contributed by atoms with Crippen molar-refractivity contribution in [2.24, 2.45) is 0 Å². The molecule has 1 amide bonds. The Kier molecular flexibility index (Phi) is 5.56. The van der Waals surface area contributed by atoms with Crippen molar-refractivity contribution in [3.8, 4) is 0 Å². The smallest absolute Gasteiger partial charge is 0.236 e. The van der Waals surface area contributed by atoms with Crippen molar-refractivity contribution in [2.45, 2.75) is 24.0 Å². The molecule has 0 aromatic heterocycles. The average molecular weight is 337 g/mol. The van der Waals surface area contributed by atoms with Crippen molar-refractivity contribution in [1.29, 1.82) is 0 Å². The Balaban J connectivity index is 1.73. The molecular formula is C17H24FN3OS. The minimum Gasteiger partial charge on any atom is -0.324 e. The Morgan fingerprint density at radius 2 is 2.00 bits per heavy atom. The standard InChI is InChI=1S/C17H24FN3OS/c1-2-15-16(22)21(12-11-20-9-7-19-8-10-20)17(23-15)13-5-3-4-6-14(13)18/h3-6,15,17,19H,2,7-12H2,1H3/t15-,17-/m0/s1. The van der Waals surface area contributed by atoms with Gasteiger partial charge in [-0.05, 0) is 12.5 Å². The third-order valence-electron chi connectivity index (χ3n) is 4.54. The molecule has 0 unspecified atom stereocenters. The summed E-state index contributed by atoms with van der Waals surface area (Å²) in [5.74, 6) is -0.0670. The van der Waals surface area contributed by atoms with Gasteiger partial charge in [0.25, 0.3) is 0 Å². The highest BCUT2D eigenvalue weighted by molar-refractivity contribution is 8.01. The van der Waals surface area contributed by atoms with E-state index >= 15 is 0 Å². The van der Waals surface area contributed by atoms with Gasteiger partial charge in [0.2, 0.25) is 5.91 Å². The Hall–Kier alpha value is -1.11. The summed E-state index contributed by atoms with van der Waals surface area (Å²) in [6, 6.07) is 6.82. The number of carbonyl (C=O) groups is 1. The summed E-state index contributed by atoms with van der Waals surface area (Å²) in [5, 5.41) is 3.08. The first-order valence-corrected chi connectivity index (χ1v) is 9.28. The summed E-state index contributed by atoms with van der Waals surface area (Å²) in [6.07, 6.45) is 0.790. The highest BCUT2D eigenvalue weighted by atomic mass is 32.2. The lowest BCUT2D eigenvalue weighted by molar-refractivity contribution is -0.130. The van der Waals surface area contributed by atoms with Gasteiger partial charge in [-0.2, -0.15) is 0 Å². The van der Waals surface area contributed by atoms with Crippen LogP contribution in [0.4, 0.5) is 4.39 Å². The maximum Gasteiger partial charge on any atom is 0.236 e. The van der Waals surface area contributed by atoms with E-state index in [4.69, 9.17) is 0 Å². The summed E-state index contributed by atoms with van der Waals surface area (Å²) >= 11 is 1.59. The van der Waals surface area contributed by atoms with Gasteiger partial charge in [-0.25, -0.2) is 4.39 Å². The summed E-state index contributed by atoms with van der Waals surface area (Å²) in [6.45, 7) is 7.56. The third-order valence-corrected chi connectivity index (χ3v) is 6.17. The molecule has 0 spiro atoms. The molecule has 2 aliphatic heterocycles. The number of benzene rings is 1. The second-order valence-corrected chi connectivity index (χ2v) is 7.32. The molecule has 1 aromatic carbocycles. The molecule has 126 valence electrons. The first-order valence-electron chi connectivity index (χ1n) is 8.34. The van der Waals surface area contributed by atoms with E-state index in [1.54, 1.807) is 23.9 Å². The van der Waals surface area contributed by atoms with Crippen LogP contribution in [-0.2, 0) is 4.79 Å². The number of amides is 1. The number of hydrogen-bond acceptors (Lipinski definition) is 4. The van der Waals surface area contributed by atoms with E-state index in [2.05, 4.69) is 10.2 Å². The topological polar surface area (TPSA) is 35.6 Å². The van der Waals surface area contributed by atoms with Crippen LogP contribution in [0.3, 0.4) is 0 Å². The quantitative estimate of drug-likeness (QED) is 0.892. The zero-order valence-corrected chi connectivity index (χ0v) is 14.3. The predicted octanol–water partition coefficient (Wildman–Crippen LogP) is 2.08. The number of hydrogen-bond donors (Lipinski definition) is 1. The molecule has 2 saturated heterocycles. The minimum atomic E-state index is -0.221. The molecule has 6 heteroatoms. The van der Waals surface area contributed by atoms with E-state index in [9.17, 15) is 9.18 Å². The number of piperazine rings is 1. The third kappa shape index (κ3) is 3.70. The number of halogens is 1. The van der Waals surface area contributed by atoms with Gasteiger partial charge in [0.15, 0.2) is 0 Å². The lowest BCUT2D eigenvalue weighted by Gasteiger charge is -2.31. The maximum absolute atomic E-state index is 14.2. The first kappa shape index (κ1) is 16.7. The van der Waals surface area contributed by atoms with Crippen LogP contribution in [0.5, 0.6) is 0 Å². The molecule has 2 fully saturated rings. The SMILES string of the molecule is CC[C@@H]1S[C@@H](c2ccccc2F)N(CCN2CCNCC2)C1=O. The predicted molar refractivity (Wildman–Crippen MR) is 91.8 cm³/mol. The molecule has 2 aliphatic rings. The van der Waals surface area contributed by atoms with Gasteiger partial charge in [-0.15, -0.1) is 11.8 Å². The second-order valence-electron chi connectivity index (χ2n) is 6.03. The Bertz CT molecular complexity index is 550. The summed E-state index contributed by atoms with van der Waals surface area (Å²) in [4.78, 5) is 16.9. The molecule has 0 aliphatic carbocycles. The van der Waals surface area contributed by atoms with E-state index in [1.165, 1.54) is 6.07 Å². The van der Waals surface area contributed by atoms with Crippen molar-refractivity contribution < 1.29 is 9.18 Å². The Morgan fingerprint density at radius 3 is 2.70 bits per heavy atom. The fraction of sp³-hybridized carbons (Fsp3) is 0.588. The normalized spacial score (nSPS) is 26.0. The van der Waals surface area contributed by atoms with E-state index < -0.39 is 0 Å². The van der Waals surface area contributed by atoms with Crippen molar-refractivity contribution in [3.05, 3.63) is 35.6 Å². The number of nitrogens with one attached hydrogen (secondary N) is 1. The number of carbonyl (C=O) groups excluding carboxylic acids is 1. The largest absolute Gasteiger partial charge is 0.324 e. The molecule has 0 bridgehead atoms. The van der Waals surface area contributed by atoms with Gasteiger partial charge >= 0.3 is 0 Å². The maximum atomic E-state index is 14.2. The molecule has 0 saturated carbocycles. The summed E-state index contributed by atoms with van der Waals surface area (Å²) < 4.78 is 14.2. The van der Waals surface area contributed by atoms with Crippen LogP contribution in [-0.4, -0.2) is 60.2 Å². The molecule has 4 nitrogen and oxygen atoms in total. The molecule has 0 radical (unpaired) electrons. The van der Waals surface area contributed by atoms with Crippen LogP contribution in [0.2, 0.25) is 0 Å². The fourth-order valence-corrected chi connectivity index (χ4v) is 4.64. The van der Waals surface area contributed by atoms with Gasteiger partial charge in [0, 0.05) is 44.8 Å². The summed E-state index contributed by atoms with van der Waals surface area (Å²) in [5.41, 5.74) is 0.627. The zero-order valence-electron chi connectivity index (χ0n) is 13.5. The van der Waals surface area contributed by atoms with Crippen molar-refractivity contribution in [1.82, 2.24) is 15.1 Å². The number of rotatable bonds is 5. The van der Waals surface area contributed by atoms with Gasteiger partial charge in [-0.3, -0.25) is 9.69 Å². The van der Waals surface area contributed by atoms with Gasteiger partial charge in [0.05, 0.1) is 5.25 Å². The molecule has 2 atom stereocenters. The highest BCUT2D eigenvalue weighted by Gasteiger charge is 2.40. The minimum absolute atomic E-state index is 0.0531. The highest BCUT2D eigenvalue weighted by Crippen LogP contribution is 2.44. The van der Waals surface area contributed by atoms with Gasteiger partial charge in [0.1, 0.15) is 11.2 Å². The van der Waals surface area contributed by atoms with Gasteiger partial charge < -0.3 is 10.2 Å². The second kappa shape index (κ2) is 7.64. The van der Waals surface area contributed by atoms with Crippen molar-refractivity contribution in [2.75, 3.05) is 39.3 Å². The van der Waals surface area contributed by atoms with E-state index in [1.807, 2.05) is 17.9 Å². The van der Waals surface area contributed by atoms with Crippen LogP contribution in [0.25, 0.3) is 0 Å². The Morgan fingerprint density at radius 1 is 1.26 bits per heavy atom. The lowest BCUT2D eigenvalue weighted by Crippen LogP contribution is -2.47. The van der Waals surface area contributed by atoms with Crippen molar-refractivity contribution in [3.63, 3.8) is 0 Å². The molecule has 1 aromatic rings. The Labute approximate surface area is 141 Å². The van der Waals surface area contributed by atoms with E-state index in [0.717, 1.165) is 39.1 Å². The van der Waals surface area contributed by atoms with Crippen LogP contribution in [0, 0.1) is 5.82 Å². The molecular weight excluding hydrogens is 313 g/mol. The molecule has 1 N–H and O–H groups in total. The molecule has 23 heavy (non-hydrogen) atoms. The average Bonchev–Trinajstić information content (AvgIpc) is 2.90. The van der Waals surface area contributed by atoms with Gasteiger partial charge in [-0.1, -0.05) is 25.1 Å². The van der Waals surface area contributed by atoms with Crippen LogP contribution in [0.15, 0.2) is 24.3 Å². The van der Waals surface area contributed by atoms with Crippen LogP contribution >= 0.6 is 11.8 Å². The van der Waals surface area contributed by atoms with Crippen LogP contribution < -0.4 is 5.32 Å². The first-order chi connectivity index (χ1) is 11.2.